The highest BCUT2D eigenvalue weighted by molar-refractivity contribution is 6.39. The second-order valence-corrected chi connectivity index (χ2v) is 5.48. The van der Waals surface area contributed by atoms with Crippen LogP contribution in [-0.4, -0.2) is 60.2 Å². The van der Waals surface area contributed by atoms with Crippen molar-refractivity contribution in [3.05, 3.63) is 0 Å². The first-order valence-electron chi connectivity index (χ1n) is 7.07. The maximum absolute atomic E-state index is 12.1. The standard InChI is InChI=1S/C13H21N3O2.ClH/c17-13(16-7-3-4-8-16)12-9-11(18-14-12)10-15-5-1-2-6-15;/h11H,1-10H2;1H. The highest BCUT2D eigenvalue weighted by Crippen LogP contribution is 2.18. The predicted molar refractivity (Wildman–Crippen MR) is 75.7 cm³/mol. The van der Waals surface area contributed by atoms with E-state index in [1.807, 2.05) is 4.90 Å². The Hall–Kier alpha value is -0.810. The highest BCUT2D eigenvalue weighted by Gasteiger charge is 2.31. The first-order chi connectivity index (χ1) is 8.83. The summed E-state index contributed by atoms with van der Waals surface area (Å²) >= 11 is 0. The molecular weight excluding hydrogens is 266 g/mol. The molecule has 0 aromatic rings. The van der Waals surface area contributed by atoms with Crippen molar-refractivity contribution < 1.29 is 9.63 Å². The van der Waals surface area contributed by atoms with Gasteiger partial charge >= 0.3 is 0 Å². The molecule has 3 aliphatic rings. The highest BCUT2D eigenvalue weighted by atomic mass is 35.5. The van der Waals surface area contributed by atoms with Gasteiger partial charge in [-0.25, -0.2) is 0 Å². The lowest BCUT2D eigenvalue weighted by Gasteiger charge is -2.18. The number of oxime groups is 1. The van der Waals surface area contributed by atoms with E-state index in [9.17, 15) is 4.79 Å². The van der Waals surface area contributed by atoms with Crippen molar-refractivity contribution in [2.45, 2.75) is 38.2 Å². The SMILES string of the molecule is Cl.O=C(C1=NOC(CN2CCCC2)C1)N1CCCC1. The lowest BCUT2D eigenvalue weighted by molar-refractivity contribution is -0.123. The maximum Gasteiger partial charge on any atom is 0.271 e. The van der Waals surface area contributed by atoms with E-state index < -0.39 is 0 Å². The molecule has 0 bridgehead atoms. The van der Waals surface area contributed by atoms with E-state index in [2.05, 4.69) is 10.1 Å². The van der Waals surface area contributed by atoms with Crippen molar-refractivity contribution in [1.29, 1.82) is 0 Å². The molecule has 0 aliphatic carbocycles. The molecule has 1 atom stereocenters. The molecule has 0 aromatic carbocycles. The Bertz CT molecular complexity index is 350. The number of carbonyl (C=O) groups is 1. The normalized spacial score (nSPS) is 27.1. The van der Waals surface area contributed by atoms with Crippen LogP contribution in [0, 0.1) is 0 Å². The van der Waals surface area contributed by atoms with Crippen molar-refractivity contribution in [2.75, 3.05) is 32.7 Å². The van der Waals surface area contributed by atoms with Crippen LogP contribution in [0.15, 0.2) is 5.16 Å². The van der Waals surface area contributed by atoms with Gasteiger partial charge in [0.2, 0.25) is 0 Å². The summed E-state index contributed by atoms with van der Waals surface area (Å²) in [5.41, 5.74) is 0.626. The van der Waals surface area contributed by atoms with Gasteiger partial charge in [0, 0.05) is 26.1 Å². The number of nitrogens with zero attached hydrogens (tertiary/aromatic N) is 3. The Morgan fingerprint density at radius 1 is 1.16 bits per heavy atom. The van der Waals surface area contributed by atoms with Crippen LogP contribution in [-0.2, 0) is 9.63 Å². The summed E-state index contributed by atoms with van der Waals surface area (Å²) in [5.74, 6) is 0.0939. The van der Waals surface area contributed by atoms with E-state index in [1.54, 1.807) is 0 Å². The summed E-state index contributed by atoms with van der Waals surface area (Å²) < 4.78 is 0. The molecule has 3 aliphatic heterocycles. The van der Waals surface area contributed by atoms with Crippen molar-refractivity contribution in [3.63, 3.8) is 0 Å². The molecule has 3 heterocycles. The van der Waals surface area contributed by atoms with E-state index in [4.69, 9.17) is 4.84 Å². The third-order valence-electron chi connectivity index (χ3n) is 4.03. The number of carbonyl (C=O) groups excluding carboxylic acids is 1. The van der Waals surface area contributed by atoms with Gasteiger partial charge in [0.1, 0.15) is 11.8 Å². The minimum Gasteiger partial charge on any atom is -0.390 e. The van der Waals surface area contributed by atoms with Crippen LogP contribution in [0.25, 0.3) is 0 Å². The maximum atomic E-state index is 12.1. The molecule has 0 N–H and O–H groups in total. The van der Waals surface area contributed by atoms with Gasteiger partial charge in [-0.2, -0.15) is 0 Å². The Labute approximate surface area is 120 Å². The van der Waals surface area contributed by atoms with Crippen LogP contribution in [0.4, 0.5) is 0 Å². The van der Waals surface area contributed by atoms with Gasteiger partial charge in [0.15, 0.2) is 0 Å². The fourth-order valence-electron chi connectivity index (χ4n) is 3.01. The van der Waals surface area contributed by atoms with E-state index in [-0.39, 0.29) is 24.4 Å². The van der Waals surface area contributed by atoms with Crippen molar-refractivity contribution >= 4 is 24.0 Å². The molecule has 0 radical (unpaired) electrons. The van der Waals surface area contributed by atoms with Crippen LogP contribution in [0.1, 0.15) is 32.1 Å². The Kier molecular flexibility index (Phi) is 5.05. The molecule has 3 rings (SSSR count). The van der Waals surface area contributed by atoms with Gasteiger partial charge in [-0.1, -0.05) is 5.16 Å². The lowest BCUT2D eigenvalue weighted by atomic mass is 10.1. The number of hydrogen-bond acceptors (Lipinski definition) is 4. The van der Waals surface area contributed by atoms with Crippen molar-refractivity contribution in [2.24, 2.45) is 5.16 Å². The van der Waals surface area contributed by atoms with Crippen LogP contribution in [0.5, 0.6) is 0 Å². The number of rotatable bonds is 3. The largest absolute Gasteiger partial charge is 0.390 e. The molecule has 5 nitrogen and oxygen atoms in total. The molecule has 0 spiro atoms. The van der Waals surface area contributed by atoms with Gasteiger partial charge in [-0.15, -0.1) is 12.4 Å². The first kappa shape index (κ1) is 14.6. The van der Waals surface area contributed by atoms with Gasteiger partial charge in [0.25, 0.3) is 5.91 Å². The zero-order chi connectivity index (χ0) is 12.4. The molecule has 19 heavy (non-hydrogen) atoms. The van der Waals surface area contributed by atoms with Gasteiger partial charge in [-0.3, -0.25) is 9.69 Å². The number of amides is 1. The molecule has 0 aromatic heterocycles. The van der Waals surface area contributed by atoms with E-state index in [1.165, 1.54) is 12.8 Å². The first-order valence-corrected chi connectivity index (χ1v) is 7.07. The Balaban J connectivity index is 0.00000133. The second kappa shape index (κ2) is 6.57. The summed E-state index contributed by atoms with van der Waals surface area (Å²) in [6.45, 7) is 5.01. The van der Waals surface area contributed by atoms with Crippen LogP contribution < -0.4 is 0 Å². The fourth-order valence-corrected chi connectivity index (χ4v) is 3.01. The predicted octanol–water partition coefficient (Wildman–Crippen LogP) is 1.27. The van der Waals surface area contributed by atoms with Crippen molar-refractivity contribution in [1.82, 2.24) is 9.80 Å². The van der Waals surface area contributed by atoms with Crippen LogP contribution >= 0.6 is 12.4 Å². The molecule has 1 unspecified atom stereocenters. The zero-order valence-electron chi connectivity index (χ0n) is 11.2. The van der Waals surface area contributed by atoms with Gasteiger partial charge < -0.3 is 9.74 Å². The molecule has 0 saturated carbocycles. The average Bonchev–Trinajstić information content (AvgIpc) is 3.11. The fraction of sp³-hybridized carbons (Fsp3) is 0.846. The van der Waals surface area contributed by atoms with Crippen LogP contribution in [0.2, 0.25) is 0 Å². The molecule has 108 valence electrons. The third-order valence-corrected chi connectivity index (χ3v) is 4.03. The second-order valence-electron chi connectivity index (χ2n) is 5.48. The summed E-state index contributed by atoms with van der Waals surface area (Å²) in [6, 6.07) is 0. The van der Waals surface area contributed by atoms with Gasteiger partial charge in [-0.05, 0) is 38.8 Å². The monoisotopic (exact) mass is 287 g/mol. The molecule has 1 amide bonds. The van der Waals surface area contributed by atoms with Crippen LogP contribution in [0.3, 0.4) is 0 Å². The van der Waals surface area contributed by atoms with E-state index >= 15 is 0 Å². The number of halogens is 1. The topological polar surface area (TPSA) is 45.1 Å². The third kappa shape index (κ3) is 3.39. The van der Waals surface area contributed by atoms with Gasteiger partial charge in [0.05, 0.1) is 0 Å². The van der Waals surface area contributed by atoms with E-state index in [0.29, 0.717) is 12.1 Å². The minimum absolute atomic E-state index is 0. The summed E-state index contributed by atoms with van der Waals surface area (Å²) in [5, 5.41) is 4.00. The summed E-state index contributed by atoms with van der Waals surface area (Å²) in [4.78, 5) is 21.8. The smallest absolute Gasteiger partial charge is 0.271 e. The Morgan fingerprint density at radius 2 is 1.79 bits per heavy atom. The quantitative estimate of drug-likeness (QED) is 0.785. The molecule has 2 fully saturated rings. The minimum atomic E-state index is 0. The van der Waals surface area contributed by atoms with Crippen molar-refractivity contribution in [3.8, 4) is 0 Å². The zero-order valence-corrected chi connectivity index (χ0v) is 12.0. The summed E-state index contributed by atoms with van der Waals surface area (Å²) in [7, 11) is 0. The average molecular weight is 288 g/mol. The molecule has 2 saturated heterocycles. The number of hydrogen-bond donors (Lipinski definition) is 0. The molecule has 6 heteroatoms. The summed E-state index contributed by atoms with van der Waals surface area (Å²) in [6.07, 6.45) is 5.59. The molecular formula is C13H22ClN3O2. The lowest BCUT2D eigenvalue weighted by Crippen LogP contribution is -2.35. The number of likely N-dealkylation sites (tertiary alicyclic amines) is 2. The Morgan fingerprint density at radius 3 is 2.47 bits per heavy atom. The van der Waals surface area contributed by atoms with E-state index in [0.717, 1.165) is 45.6 Å².